The zero-order valence-corrected chi connectivity index (χ0v) is 17.6. The van der Waals surface area contributed by atoms with Crippen LogP contribution < -0.4 is 16.0 Å². The maximum absolute atomic E-state index is 12.8. The zero-order valence-electron chi connectivity index (χ0n) is 17.6. The van der Waals surface area contributed by atoms with Crippen LogP contribution in [0.25, 0.3) is 0 Å². The first-order valence-corrected chi connectivity index (χ1v) is 9.82. The van der Waals surface area contributed by atoms with Crippen molar-refractivity contribution in [1.29, 1.82) is 0 Å². The van der Waals surface area contributed by atoms with Gasteiger partial charge < -0.3 is 15.4 Å². The summed E-state index contributed by atoms with van der Waals surface area (Å²) < 4.78 is 5.00. The summed E-state index contributed by atoms with van der Waals surface area (Å²) in [6.45, 7) is 7.86. The number of amides is 6. The standard InChI is InChI=1S/C19H30N4O6/c1-11-8-6-7-9-19(11)15(26)23(17(28)22-19)10-13(24)29-12(2)14(25)20-16(27)21-18(3,4)5/h11-12H,6-10H2,1-5H3,(H,22,28)(H2,20,21,25,27)/t11-,12-,19-/m0/s1. The van der Waals surface area contributed by atoms with Gasteiger partial charge >= 0.3 is 18.0 Å². The molecular formula is C19H30N4O6. The molecule has 2 aliphatic rings. The summed E-state index contributed by atoms with van der Waals surface area (Å²) in [5.74, 6) is -2.18. The molecule has 0 unspecified atom stereocenters. The van der Waals surface area contributed by atoms with Crippen molar-refractivity contribution in [2.75, 3.05) is 6.54 Å². The van der Waals surface area contributed by atoms with Crippen molar-refractivity contribution >= 4 is 29.8 Å². The van der Waals surface area contributed by atoms with E-state index in [4.69, 9.17) is 4.74 Å². The number of carbonyl (C=O) groups is 5. The molecule has 0 aromatic carbocycles. The number of carbonyl (C=O) groups excluding carboxylic acids is 5. The molecule has 1 aliphatic carbocycles. The van der Waals surface area contributed by atoms with Gasteiger partial charge in [0, 0.05) is 5.54 Å². The molecule has 0 bridgehead atoms. The van der Waals surface area contributed by atoms with Crippen molar-refractivity contribution in [3.8, 4) is 0 Å². The summed E-state index contributed by atoms with van der Waals surface area (Å²) in [7, 11) is 0. The van der Waals surface area contributed by atoms with Crippen LogP contribution in [0.3, 0.4) is 0 Å². The molecule has 2 fully saturated rings. The van der Waals surface area contributed by atoms with E-state index in [1.54, 1.807) is 20.8 Å². The fourth-order valence-corrected chi connectivity index (χ4v) is 3.64. The average molecular weight is 410 g/mol. The minimum atomic E-state index is -1.27. The van der Waals surface area contributed by atoms with Crippen molar-refractivity contribution in [3.63, 3.8) is 0 Å². The minimum Gasteiger partial charge on any atom is -0.451 e. The molecule has 10 heteroatoms. The Morgan fingerprint density at radius 3 is 2.52 bits per heavy atom. The lowest BCUT2D eigenvalue weighted by atomic mass is 9.73. The van der Waals surface area contributed by atoms with Gasteiger partial charge in [0.1, 0.15) is 12.1 Å². The summed E-state index contributed by atoms with van der Waals surface area (Å²) in [6.07, 6.45) is 1.90. The average Bonchev–Trinajstić information content (AvgIpc) is 2.80. The number of hydrogen-bond acceptors (Lipinski definition) is 6. The van der Waals surface area contributed by atoms with E-state index in [-0.39, 0.29) is 5.92 Å². The number of rotatable bonds is 4. The summed E-state index contributed by atoms with van der Waals surface area (Å²) in [5, 5.41) is 7.37. The van der Waals surface area contributed by atoms with Gasteiger partial charge in [-0.15, -0.1) is 0 Å². The van der Waals surface area contributed by atoms with Gasteiger partial charge in [0.25, 0.3) is 11.8 Å². The molecule has 29 heavy (non-hydrogen) atoms. The Bertz CT molecular complexity index is 716. The lowest BCUT2D eigenvalue weighted by Gasteiger charge is -2.36. The largest absolute Gasteiger partial charge is 0.451 e. The first kappa shape index (κ1) is 22.6. The first-order valence-electron chi connectivity index (χ1n) is 9.82. The maximum atomic E-state index is 12.8. The van der Waals surface area contributed by atoms with Gasteiger partial charge in [-0.1, -0.05) is 19.8 Å². The van der Waals surface area contributed by atoms with Crippen LogP contribution in [0, 0.1) is 5.92 Å². The van der Waals surface area contributed by atoms with Crippen molar-refractivity contribution in [1.82, 2.24) is 20.9 Å². The second kappa shape index (κ2) is 8.38. The highest BCUT2D eigenvalue weighted by Gasteiger charge is 2.55. The van der Waals surface area contributed by atoms with E-state index in [1.165, 1.54) is 6.92 Å². The van der Waals surface area contributed by atoms with Gasteiger partial charge in [0.15, 0.2) is 6.10 Å². The van der Waals surface area contributed by atoms with Gasteiger partial charge in [-0.3, -0.25) is 24.6 Å². The zero-order chi connectivity index (χ0) is 22.0. The van der Waals surface area contributed by atoms with Crippen molar-refractivity contribution in [2.45, 2.75) is 77.5 Å². The Morgan fingerprint density at radius 1 is 1.28 bits per heavy atom. The smallest absolute Gasteiger partial charge is 0.327 e. The number of ether oxygens (including phenoxy) is 1. The van der Waals surface area contributed by atoms with E-state index in [0.29, 0.717) is 6.42 Å². The lowest BCUT2D eigenvalue weighted by Crippen LogP contribution is -2.54. The highest BCUT2D eigenvalue weighted by atomic mass is 16.5. The number of nitrogens with zero attached hydrogens (tertiary/aromatic N) is 1. The van der Waals surface area contributed by atoms with Crippen LogP contribution in [-0.4, -0.2) is 58.5 Å². The molecule has 0 aromatic heterocycles. The minimum absolute atomic E-state index is 0.0280. The normalized spacial score (nSPS) is 25.4. The fourth-order valence-electron chi connectivity index (χ4n) is 3.64. The highest BCUT2D eigenvalue weighted by molar-refractivity contribution is 6.09. The van der Waals surface area contributed by atoms with E-state index in [9.17, 15) is 24.0 Å². The molecule has 0 radical (unpaired) electrons. The first-order chi connectivity index (χ1) is 13.4. The predicted molar refractivity (Wildman–Crippen MR) is 103 cm³/mol. The van der Waals surface area contributed by atoms with Gasteiger partial charge in [-0.25, -0.2) is 9.59 Å². The Kier molecular flexibility index (Phi) is 6.54. The predicted octanol–water partition coefficient (Wildman–Crippen LogP) is 1.04. The number of urea groups is 2. The summed E-state index contributed by atoms with van der Waals surface area (Å²) in [4.78, 5) is 61.9. The molecule has 1 heterocycles. The molecule has 10 nitrogen and oxygen atoms in total. The monoisotopic (exact) mass is 410 g/mol. The Morgan fingerprint density at radius 2 is 1.93 bits per heavy atom. The summed E-state index contributed by atoms with van der Waals surface area (Å²) in [6, 6.07) is -1.35. The van der Waals surface area contributed by atoms with Gasteiger partial charge in [-0.2, -0.15) is 0 Å². The third-order valence-electron chi connectivity index (χ3n) is 5.19. The number of imide groups is 2. The molecule has 162 valence electrons. The third-order valence-corrected chi connectivity index (χ3v) is 5.19. The maximum Gasteiger partial charge on any atom is 0.327 e. The van der Waals surface area contributed by atoms with Gasteiger partial charge in [0.2, 0.25) is 0 Å². The van der Waals surface area contributed by atoms with Crippen LogP contribution in [0.15, 0.2) is 0 Å². The van der Waals surface area contributed by atoms with Crippen LogP contribution >= 0.6 is 0 Å². The molecule has 3 N–H and O–H groups in total. The highest BCUT2D eigenvalue weighted by Crippen LogP contribution is 2.38. The van der Waals surface area contributed by atoms with Crippen LogP contribution in [0.5, 0.6) is 0 Å². The van der Waals surface area contributed by atoms with E-state index < -0.39 is 53.6 Å². The molecule has 6 amide bonds. The third kappa shape index (κ3) is 5.24. The number of nitrogens with one attached hydrogen (secondary N) is 3. The molecular weight excluding hydrogens is 380 g/mol. The van der Waals surface area contributed by atoms with E-state index in [0.717, 1.165) is 24.2 Å². The van der Waals surface area contributed by atoms with Crippen molar-refractivity contribution in [2.24, 2.45) is 5.92 Å². The van der Waals surface area contributed by atoms with Gasteiger partial charge in [0.05, 0.1) is 0 Å². The van der Waals surface area contributed by atoms with Crippen LogP contribution in [0.2, 0.25) is 0 Å². The molecule has 0 aromatic rings. The molecule has 1 spiro atoms. The Hall–Kier alpha value is -2.65. The number of esters is 1. The quantitative estimate of drug-likeness (QED) is 0.468. The van der Waals surface area contributed by atoms with Crippen LogP contribution in [-0.2, 0) is 19.1 Å². The second-order valence-electron chi connectivity index (χ2n) is 8.77. The molecule has 1 saturated carbocycles. The van der Waals surface area contributed by atoms with Crippen molar-refractivity contribution in [3.05, 3.63) is 0 Å². The molecule has 2 rings (SSSR count). The Labute approximate surface area is 170 Å². The Balaban J connectivity index is 1.91. The topological polar surface area (TPSA) is 134 Å². The van der Waals surface area contributed by atoms with Crippen molar-refractivity contribution < 1.29 is 28.7 Å². The van der Waals surface area contributed by atoms with Gasteiger partial charge in [-0.05, 0) is 46.5 Å². The number of hydrogen-bond donors (Lipinski definition) is 3. The van der Waals surface area contributed by atoms with Crippen LogP contribution in [0.4, 0.5) is 9.59 Å². The second-order valence-corrected chi connectivity index (χ2v) is 8.77. The van der Waals surface area contributed by atoms with Crippen LogP contribution in [0.1, 0.15) is 60.3 Å². The molecule has 1 aliphatic heterocycles. The van der Waals surface area contributed by atoms with E-state index >= 15 is 0 Å². The van der Waals surface area contributed by atoms with E-state index in [2.05, 4.69) is 16.0 Å². The summed E-state index contributed by atoms with van der Waals surface area (Å²) >= 11 is 0. The summed E-state index contributed by atoms with van der Waals surface area (Å²) in [5.41, 5.74) is -1.51. The lowest BCUT2D eigenvalue weighted by molar-refractivity contribution is -0.156. The van der Waals surface area contributed by atoms with E-state index in [1.807, 2.05) is 6.92 Å². The SMILES string of the molecule is C[C@H](OC(=O)CN1C(=O)N[C@]2(CCCC[C@@H]2C)C1=O)C(=O)NC(=O)NC(C)(C)C. The fraction of sp³-hybridized carbons (Fsp3) is 0.737. The molecule has 3 atom stereocenters. The molecule has 1 saturated heterocycles.